The minimum Gasteiger partial charge on any atom is -0.497 e. The monoisotopic (exact) mass is 427 g/mol. The summed E-state index contributed by atoms with van der Waals surface area (Å²) in [5.74, 6) is 3.48. The molecule has 1 aromatic heterocycles. The zero-order valence-corrected chi connectivity index (χ0v) is 19.2. The number of benzene rings is 1. The van der Waals surface area contributed by atoms with Gasteiger partial charge in [-0.05, 0) is 56.5 Å². The van der Waals surface area contributed by atoms with Crippen LogP contribution in [-0.4, -0.2) is 65.5 Å². The fourth-order valence-electron chi connectivity index (χ4n) is 3.91. The van der Waals surface area contributed by atoms with E-state index in [1.807, 2.05) is 12.1 Å². The summed E-state index contributed by atoms with van der Waals surface area (Å²) in [6.07, 6.45) is 5.08. The molecule has 0 spiro atoms. The quantitative estimate of drug-likeness (QED) is 0.447. The van der Waals surface area contributed by atoms with Gasteiger partial charge in [0.05, 0.1) is 7.11 Å². The highest BCUT2D eigenvalue weighted by atomic mass is 16.5. The molecule has 3 rings (SSSR count). The first-order chi connectivity index (χ1) is 15.2. The molecule has 1 aliphatic heterocycles. The van der Waals surface area contributed by atoms with Crippen molar-refractivity contribution in [2.75, 3.05) is 39.8 Å². The summed E-state index contributed by atoms with van der Waals surface area (Å²) in [5, 5.41) is 14.9. The number of guanidine groups is 1. The number of aromatic nitrogens is 3. The van der Waals surface area contributed by atoms with Crippen LogP contribution in [-0.2, 0) is 19.5 Å². The van der Waals surface area contributed by atoms with E-state index in [2.05, 4.69) is 56.3 Å². The van der Waals surface area contributed by atoms with E-state index < -0.39 is 0 Å². The van der Waals surface area contributed by atoms with Gasteiger partial charge in [0.15, 0.2) is 5.96 Å². The molecule has 8 heteroatoms. The minimum absolute atomic E-state index is 0.645. The second kappa shape index (κ2) is 12.3. The van der Waals surface area contributed by atoms with Crippen LogP contribution in [0.4, 0.5) is 0 Å². The molecule has 0 saturated carbocycles. The van der Waals surface area contributed by atoms with Gasteiger partial charge in [0, 0.05) is 39.1 Å². The van der Waals surface area contributed by atoms with Gasteiger partial charge in [-0.25, -0.2) is 0 Å². The normalized spacial score (nSPS) is 15.8. The zero-order valence-electron chi connectivity index (χ0n) is 19.2. The summed E-state index contributed by atoms with van der Waals surface area (Å²) in [7, 11) is 1.71. The number of rotatable bonds is 10. The number of ether oxygens (including phenoxy) is 1. The Morgan fingerprint density at radius 3 is 2.61 bits per heavy atom. The summed E-state index contributed by atoms with van der Waals surface area (Å²) >= 11 is 0. The molecule has 1 saturated heterocycles. The van der Waals surface area contributed by atoms with Gasteiger partial charge in [0.25, 0.3) is 0 Å². The molecule has 1 aromatic carbocycles. The Hall–Kier alpha value is -2.61. The Labute approximate surface area is 186 Å². The predicted octanol–water partition coefficient (Wildman–Crippen LogP) is 2.32. The van der Waals surface area contributed by atoms with E-state index >= 15 is 0 Å². The van der Waals surface area contributed by atoms with Crippen molar-refractivity contribution >= 4 is 5.96 Å². The second-order valence-electron chi connectivity index (χ2n) is 8.01. The number of hydrogen-bond donors (Lipinski definition) is 2. The molecule has 0 aliphatic carbocycles. The first-order valence-corrected chi connectivity index (χ1v) is 11.5. The Bertz CT molecular complexity index is 795. The van der Waals surface area contributed by atoms with Gasteiger partial charge in [-0.15, -0.1) is 10.2 Å². The van der Waals surface area contributed by atoms with E-state index in [4.69, 9.17) is 9.73 Å². The Morgan fingerprint density at radius 2 is 1.94 bits per heavy atom. The molecule has 170 valence electrons. The van der Waals surface area contributed by atoms with Gasteiger partial charge in [-0.3, -0.25) is 9.89 Å². The highest BCUT2D eigenvalue weighted by Gasteiger charge is 2.19. The summed E-state index contributed by atoms with van der Waals surface area (Å²) in [4.78, 5) is 7.39. The van der Waals surface area contributed by atoms with Gasteiger partial charge in [-0.2, -0.15) is 0 Å². The number of aryl methyl sites for hydroxylation is 1. The van der Waals surface area contributed by atoms with Crippen LogP contribution in [0.1, 0.15) is 38.1 Å². The van der Waals surface area contributed by atoms with E-state index in [0.717, 1.165) is 69.8 Å². The van der Waals surface area contributed by atoms with Gasteiger partial charge < -0.3 is 19.9 Å². The van der Waals surface area contributed by atoms with E-state index in [-0.39, 0.29) is 0 Å². The van der Waals surface area contributed by atoms with Crippen molar-refractivity contribution in [2.24, 2.45) is 10.9 Å². The molecular formula is C23H37N7O. The van der Waals surface area contributed by atoms with Crippen molar-refractivity contribution in [1.29, 1.82) is 0 Å². The zero-order chi connectivity index (χ0) is 21.9. The maximum atomic E-state index is 5.25. The molecule has 0 atom stereocenters. The number of aliphatic imine (C=N–C) groups is 1. The number of piperidine rings is 1. The molecule has 1 fully saturated rings. The van der Waals surface area contributed by atoms with Crippen molar-refractivity contribution in [2.45, 2.75) is 46.2 Å². The van der Waals surface area contributed by atoms with E-state index in [1.54, 1.807) is 13.4 Å². The van der Waals surface area contributed by atoms with Crippen molar-refractivity contribution in [3.8, 4) is 5.75 Å². The third kappa shape index (κ3) is 7.24. The van der Waals surface area contributed by atoms with Gasteiger partial charge in [-0.1, -0.05) is 19.1 Å². The largest absolute Gasteiger partial charge is 0.497 e. The first-order valence-electron chi connectivity index (χ1n) is 11.5. The molecule has 2 aromatic rings. The van der Waals surface area contributed by atoms with Crippen LogP contribution in [0.2, 0.25) is 0 Å². The molecular weight excluding hydrogens is 390 g/mol. The van der Waals surface area contributed by atoms with Crippen LogP contribution in [0, 0.1) is 5.92 Å². The lowest BCUT2D eigenvalue weighted by Crippen LogP contribution is -2.40. The lowest BCUT2D eigenvalue weighted by Gasteiger charge is -2.31. The molecule has 2 heterocycles. The fraction of sp³-hybridized carbons (Fsp3) is 0.609. The van der Waals surface area contributed by atoms with Gasteiger partial charge in [0.1, 0.15) is 17.9 Å². The molecule has 2 N–H and O–H groups in total. The highest BCUT2D eigenvalue weighted by molar-refractivity contribution is 5.79. The predicted molar refractivity (Wildman–Crippen MR) is 124 cm³/mol. The lowest BCUT2D eigenvalue weighted by molar-refractivity contribution is 0.180. The molecule has 0 bridgehead atoms. The number of hydrogen-bond acceptors (Lipinski definition) is 5. The summed E-state index contributed by atoms with van der Waals surface area (Å²) < 4.78 is 7.34. The number of nitrogens with one attached hydrogen (secondary N) is 2. The Kier molecular flexibility index (Phi) is 9.15. The van der Waals surface area contributed by atoms with E-state index in [1.165, 1.54) is 18.4 Å². The smallest absolute Gasteiger partial charge is 0.191 e. The standard InChI is InChI=1S/C23H37N7O/c1-4-22-28-27-18-30(22)15-12-25-23(24-5-2)26-16-19-10-13-29(14-11-19)17-20-6-8-21(31-3)9-7-20/h6-9,18-19H,4-5,10-17H2,1-3H3,(H2,24,25,26). The average molecular weight is 428 g/mol. The summed E-state index contributed by atoms with van der Waals surface area (Å²) in [5.41, 5.74) is 1.34. The van der Waals surface area contributed by atoms with Crippen LogP contribution < -0.4 is 15.4 Å². The minimum atomic E-state index is 0.645. The third-order valence-corrected chi connectivity index (χ3v) is 5.78. The van der Waals surface area contributed by atoms with Crippen LogP contribution in [0.3, 0.4) is 0 Å². The van der Waals surface area contributed by atoms with E-state index in [0.29, 0.717) is 5.92 Å². The average Bonchev–Trinajstić information content (AvgIpc) is 3.26. The van der Waals surface area contributed by atoms with Crippen LogP contribution in [0.5, 0.6) is 5.75 Å². The van der Waals surface area contributed by atoms with Crippen LogP contribution >= 0.6 is 0 Å². The molecule has 0 radical (unpaired) electrons. The first kappa shape index (κ1) is 23.1. The number of nitrogens with zero attached hydrogens (tertiary/aromatic N) is 5. The van der Waals surface area contributed by atoms with Crippen molar-refractivity contribution in [3.63, 3.8) is 0 Å². The maximum Gasteiger partial charge on any atom is 0.191 e. The third-order valence-electron chi connectivity index (χ3n) is 5.78. The molecule has 8 nitrogen and oxygen atoms in total. The SMILES string of the molecule is CCNC(=NCC1CCN(Cc2ccc(OC)cc2)CC1)NCCn1cnnc1CC. The van der Waals surface area contributed by atoms with Crippen LogP contribution in [0.15, 0.2) is 35.6 Å². The molecule has 31 heavy (non-hydrogen) atoms. The Balaban J connectivity index is 1.40. The molecule has 0 amide bonds. The van der Waals surface area contributed by atoms with Crippen molar-refractivity contribution < 1.29 is 4.74 Å². The number of likely N-dealkylation sites (tertiary alicyclic amines) is 1. The lowest BCUT2D eigenvalue weighted by atomic mass is 9.96. The maximum absolute atomic E-state index is 5.25. The van der Waals surface area contributed by atoms with Crippen molar-refractivity contribution in [3.05, 3.63) is 42.0 Å². The fourth-order valence-corrected chi connectivity index (χ4v) is 3.91. The highest BCUT2D eigenvalue weighted by Crippen LogP contribution is 2.20. The van der Waals surface area contributed by atoms with E-state index in [9.17, 15) is 0 Å². The molecule has 1 aliphatic rings. The number of methoxy groups -OCH3 is 1. The van der Waals surface area contributed by atoms with Crippen molar-refractivity contribution in [1.82, 2.24) is 30.3 Å². The summed E-state index contributed by atoms with van der Waals surface area (Å²) in [6.45, 7) is 10.8. The van der Waals surface area contributed by atoms with Gasteiger partial charge >= 0.3 is 0 Å². The van der Waals surface area contributed by atoms with Crippen LogP contribution in [0.25, 0.3) is 0 Å². The summed E-state index contributed by atoms with van der Waals surface area (Å²) in [6, 6.07) is 8.40. The van der Waals surface area contributed by atoms with Gasteiger partial charge in [0.2, 0.25) is 0 Å². The second-order valence-corrected chi connectivity index (χ2v) is 8.01. The topological polar surface area (TPSA) is 79.6 Å². The Morgan fingerprint density at radius 1 is 1.16 bits per heavy atom. The molecule has 0 unspecified atom stereocenters.